The van der Waals surface area contributed by atoms with Crippen molar-refractivity contribution < 1.29 is 8.81 Å². The van der Waals surface area contributed by atoms with Gasteiger partial charge < -0.3 is 9.73 Å². The Morgan fingerprint density at radius 3 is 2.83 bits per heavy atom. The fourth-order valence-electron chi connectivity index (χ4n) is 1.84. The van der Waals surface area contributed by atoms with Crippen LogP contribution in [0.4, 0.5) is 4.39 Å². The van der Waals surface area contributed by atoms with Crippen LogP contribution < -0.4 is 5.32 Å². The molecule has 0 amide bonds. The Labute approximate surface area is 114 Å². The minimum Gasteiger partial charge on any atom is -0.467 e. The van der Waals surface area contributed by atoms with E-state index in [2.05, 4.69) is 28.2 Å². The van der Waals surface area contributed by atoms with Crippen molar-refractivity contribution in [2.24, 2.45) is 0 Å². The van der Waals surface area contributed by atoms with Gasteiger partial charge in [-0.05, 0) is 42.8 Å². The van der Waals surface area contributed by atoms with Gasteiger partial charge >= 0.3 is 0 Å². The third-order valence-electron chi connectivity index (χ3n) is 2.70. The van der Waals surface area contributed by atoms with E-state index >= 15 is 0 Å². The zero-order valence-corrected chi connectivity index (χ0v) is 11.7. The fraction of sp³-hybridized carbons (Fsp3) is 0.286. The van der Waals surface area contributed by atoms with Gasteiger partial charge in [-0.3, -0.25) is 0 Å². The smallest absolute Gasteiger partial charge is 0.125 e. The molecule has 1 heterocycles. The van der Waals surface area contributed by atoms with Gasteiger partial charge in [0, 0.05) is 4.47 Å². The summed E-state index contributed by atoms with van der Waals surface area (Å²) in [4.78, 5) is 0. The molecule has 1 aromatic carbocycles. The van der Waals surface area contributed by atoms with Crippen molar-refractivity contribution in [3.05, 3.63) is 58.2 Å². The van der Waals surface area contributed by atoms with Crippen molar-refractivity contribution in [2.45, 2.75) is 19.4 Å². The van der Waals surface area contributed by atoms with Crippen LogP contribution in [-0.2, 0) is 0 Å². The molecule has 0 fully saturated rings. The summed E-state index contributed by atoms with van der Waals surface area (Å²) in [7, 11) is 0. The van der Waals surface area contributed by atoms with Gasteiger partial charge in [0.1, 0.15) is 11.6 Å². The van der Waals surface area contributed by atoms with E-state index in [1.165, 1.54) is 12.1 Å². The van der Waals surface area contributed by atoms with Crippen LogP contribution in [0.1, 0.15) is 30.7 Å². The molecule has 4 heteroatoms. The van der Waals surface area contributed by atoms with Crippen molar-refractivity contribution >= 4 is 15.9 Å². The van der Waals surface area contributed by atoms with Gasteiger partial charge in [0.2, 0.25) is 0 Å². The molecular formula is C14H15BrFNO. The lowest BCUT2D eigenvalue weighted by Crippen LogP contribution is -2.23. The summed E-state index contributed by atoms with van der Waals surface area (Å²) < 4.78 is 19.3. The Bertz CT molecular complexity index is 499. The molecule has 2 aromatic rings. The first kappa shape index (κ1) is 13.3. The number of halogens is 2. The summed E-state index contributed by atoms with van der Waals surface area (Å²) >= 11 is 3.40. The molecule has 0 bridgehead atoms. The van der Waals surface area contributed by atoms with Crippen molar-refractivity contribution in [3.63, 3.8) is 0 Å². The SMILES string of the molecule is CCCNC(c1ccco1)c1ccc(F)cc1Br. The highest BCUT2D eigenvalue weighted by atomic mass is 79.9. The Morgan fingerprint density at radius 2 is 2.22 bits per heavy atom. The molecule has 0 aliphatic carbocycles. The van der Waals surface area contributed by atoms with E-state index < -0.39 is 0 Å². The Hall–Kier alpha value is -1.13. The number of hydrogen-bond donors (Lipinski definition) is 1. The molecule has 0 spiro atoms. The third kappa shape index (κ3) is 3.00. The molecule has 1 unspecified atom stereocenters. The molecule has 1 aromatic heterocycles. The normalized spacial score (nSPS) is 12.6. The average Bonchev–Trinajstić information content (AvgIpc) is 2.85. The second-order valence-corrected chi connectivity index (χ2v) is 4.92. The standard InChI is InChI=1S/C14H15BrFNO/c1-2-7-17-14(13-4-3-8-18-13)11-6-5-10(16)9-12(11)15/h3-6,8-9,14,17H,2,7H2,1H3. The average molecular weight is 312 g/mol. The highest BCUT2D eigenvalue weighted by molar-refractivity contribution is 9.10. The minimum atomic E-state index is -0.251. The Morgan fingerprint density at radius 1 is 1.39 bits per heavy atom. The summed E-state index contributed by atoms with van der Waals surface area (Å²) in [6, 6.07) is 8.42. The second-order valence-electron chi connectivity index (χ2n) is 4.07. The summed E-state index contributed by atoms with van der Waals surface area (Å²) in [6.07, 6.45) is 2.67. The molecule has 0 saturated carbocycles. The molecular weight excluding hydrogens is 297 g/mol. The van der Waals surface area contributed by atoms with Gasteiger partial charge in [-0.2, -0.15) is 0 Å². The molecule has 0 radical (unpaired) electrons. The van der Waals surface area contributed by atoms with Crippen LogP contribution in [-0.4, -0.2) is 6.54 Å². The van der Waals surface area contributed by atoms with Crippen LogP contribution in [0.5, 0.6) is 0 Å². The van der Waals surface area contributed by atoms with Crippen molar-refractivity contribution in [3.8, 4) is 0 Å². The fourth-order valence-corrected chi connectivity index (χ4v) is 2.42. The van der Waals surface area contributed by atoms with Crippen LogP contribution >= 0.6 is 15.9 Å². The van der Waals surface area contributed by atoms with E-state index in [9.17, 15) is 4.39 Å². The van der Waals surface area contributed by atoms with Gasteiger partial charge in [-0.15, -0.1) is 0 Å². The van der Waals surface area contributed by atoms with Gasteiger partial charge in [-0.1, -0.05) is 28.9 Å². The molecule has 1 N–H and O–H groups in total. The predicted octanol–water partition coefficient (Wildman–Crippen LogP) is 4.27. The lowest BCUT2D eigenvalue weighted by molar-refractivity contribution is 0.445. The Kier molecular flexibility index (Phi) is 4.55. The van der Waals surface area contributed by atoms with Gasteiger partial charge in [0.15, 0.2) is 0 Å². The summed E-state index contributed by atoms with van der Waals surface area (Å²) in [5.74, 6) is 0.579. The van der Waals surface area contributed by atoms with E-state index in [1.807, 2.05) is 12.1 Å². The second kappa shape index (κ2) is 6.16. The lowest BCUT2D eigenvalue weighted by atomic mass is 10.0. The maximum atomic E-state index is 13.1. The lowest BCUT2D eigenvalue weighted by Gasteiger charge is -2.18. The van der Waals surface area contributed by atoms with Gasteiger partial charge in [0.05, 0.1) is 12.3 Å². The van der Waals surface area contributed by atoms with Crippen LogP contribution in [0, 0.1) is 5.82 Å². The zero-order chi connectivity index (χ0) is 13.0. The monoisotopic (exact) mass is 311 g/mol. The van der Waals surface area contributed by atoms with E-state index in [0.29, 0.717) is 0 Å². The maximum absolute atomic E-state index is 13.1. The van der Waals surface area contributed by atoms with Crippen LogP contribution in [0.2, 0.25) is 0 Å². The van der Waals surface area contributed by atoms with Gasteiger partial charge in [-0.25, -0.2) is 4.39 Å². The molecule has 96 valence electrons. The first-order chi connectivity index (χ1) is 8.72. The number of furan rings is 1. The highest BCUT2D eigenvalue weighted by Gasteiger charge is 2.18. The highest BCUT2D eigenvalue weighted by Crippen LogP contribution is 2.29. The van der Waals surface area contributed by atoms with E-state index in [4.69, 9.17) is 4.42 Å². The van der Waals surface area contributed by atoms with Crippen LogP contribution in [0.15, 0.2) is 45.5 Å². The summed E-state index contributed by atoms with van der Waals surface area (Å²) in [5, 5.41) is 3.40. The topological polar surface area (TPSA) is 25.2 Å². The first-order valence-corrected chi connectivity index (χ1v) is 6.73. The molecule has 0 aliphatic rings. The van der Waals surface area contributed by atoms with E-state index in [-0.39, 0.29) is 11.9 Å². The number of hydrogen-bond acceptors (Lipinski definition) is 2. The van der Waals surface area contributed by atoms with Crippen molar-refractivity contribution in [1.82, 2.24) is 5.32 Å². The zero-order valence-electron chi connectivity index (χ0n) is 10.1. The predicted molar refractivity (Wildman–Crippen MR) is 72.9 cm³/mol. The van der Waals surface area contributed by atoms with Crippen LogP contribution in [0.25, 0.3) is 0 Å². The first-order valence-electron chi connectivity index (χ1n) is 5.94. The third-order valence-corrected chi connectivity index (χ3v) is 3.39. The summed E-state index contributed by atoms with van der Waals surface area (Å²) in [6.45, 7) is 2.97. The number of nitrogens with one attached hydrogen (secondary N) is 1. The molecule has 2 nitrogen and oxygen atoms in total. The maximum Gasteiger partial charge on any atom is 0.125 e. The molecule has 1 atom stereocenters. The van der Waals surface area contributed by atoms with Crippen molar-refractivity contribution in [1.29, 1.82) is 0 Å². The number of benzene rings is 1. The molecule has 2 rings (SSSR count). The van der Waals surface area contributed by atoms with E-state index in [0.717, 1.165) is 28.8 Å². The van der Waals surface area contributed by atoms with Gasteiger partial charge in [0.25, 0.3) is 0 Å². The molecule has 0 saturated heterocycles. The van der Waals surface area contributed by atoms with Crippen molar-refractivity contribution in [2.75, 3.05) is 6.54 Å². The summed E-state index contributed by atoms with van der Waals surface area (Å²) in [5.41, 5.74) is 0.972. The number of rotatable bonds is 5. The molecule has 0 aliphatic heterocycles. The van der Waals surface area contributed by atoms with Crippen LogP contribution in [0.3, 0.4) is 0 Å². The van der Waals surface area contributed by atoms with E-state index in [1.54, 1.807) is 12.3 Å². The Balaban J connectivity index is 2.33. The quantitative estimate of drug-likeness (QED) is 0.892. The largest absolute Gasteiger partial charge is 0.467 e. The molecule has 18 heavy (non-hydrogen) atoms. The minimum absolute atomic E-state index is 0.0603.